The molecule has 4 nitrogen and oxygen atoms in total. The van der Waals surface area contributed by atoms with Crippen molar-refractivity contribution in [2.24, 2.45) is 0 Å². The van der Waals surface area contributed by atoms with Gasteiger partial charge in [0.2, 0.25) is 5.91 Å². The zero-order valence-corrected chi connectivity index (χ0v) is 15.9. The standard InChI is InChI=1S/C19H20ClNO3S/c1-14(15-8-11-17(12-9-15)25(3,23)24)21(2)19(22)13-10-16-6-4-5-7-18(16)20/h4-14H,1-3H3/b13-10+/t14-/m1/s1. The molecule has 2 aromatic rings. The van der Waals surface area contributed by atoms with Crippen molar-refractivity contribution in [3.05, 3.63) is 70.8 Å². The van der Waals surface area contributed by atoms with E-state index in [2.05, 4.69) is 0 Å². The lowest BCUT2D eigenvalue weighted by molar-refractivity contribution is -0.126. The van der Waals surface area contributed by atoms with Crippen LogP contribution in [0.25, 0.3) is 6.08 Å². The Kier molecular flexibility index (Phi) is 6.03. The SMILES string of the molecule is C[C@H](c1ccc(S(C)(=O)=O)cc1)N(C)C(=O)/C=C/c1ccccc1Cl. The highest BCUT2D eigenvalue weighted by Gasteiger charge is 2.16. The lowest BCUT2D eigenvalue weighted by atomic mass is 10.1. The molecule has 132 valence electrons. The van der Waals surface area contributed by atoms with E-state index in [1.165, 1.54) is 12.3 Å². The van der Waals surface area contributed by atoms with Gasteiger partial charge < -0.3 is 4.90 Å². The molecule has 1 atom stereocenters. The van der Waals surface area contributed by atoms with E-state index < -0.39 is 9.84 Å². The summed E-state index contributed by atoms with van der Waals surface area (Å²) in [7, 11) is -1.53. The maximum Gasteiger partial charge on any atom is 0.246 e. The van der Waals surface area contributed by atoms with Crippen LogP contribution < -0.4 is 0 Å². The number of carbonyl (C=O) groups is 1. The first-order chi connectivity index (χ1) is 11.7. The molecule has 0 saturated carbocycles. The highest BCUT2D eigenvalue weighted by atomic mass is 35.5. The van der Waals surface area contributed by atoms with Gasteiger partial charge in [0.25, 0.3) is 0 Å². The van der Waals surface area contributed by atoms with Crippen LogP contribution in [0.5, 0.6) is 0 Å². The van der Waals surface area contributed by atoms with Crippen molar-refractivity contribution in [3.63, 3.8) is 0 Å². The summed E-state index contributed by atoms with van der Waals surface area (Å²) in [6.45, 7) is 1.89. The van der Waals surface area contributed by atoms with Gasteiger partial charge in [-0.25, -0.2) is 8.42 Å². The van der Waals surface area contributed by atoms with E-state index in [4.69, 9.17) is 11.6 Å². The van der Waals surface area contributed by atoms with Crippen LogP contribution in [0.3, 0.4) is 0 Å². The molecule has 2 rings (SSSR count). The van der Waals surface area contributed by atoms with E-state index in [1.54, 1.807) is 48.4 Å². The van der Waals surface area contributed by atoms with Gasteiger partial charge in [-0.15, -0.1) is 0 Å². The quantitative estimate of drug-likeness (QED) is 0.740. The Morgan fingerprint density at radius 1 is 1.12 bits per heavy atom. The van der Waals surface area contributed by atoms with Crippen molar-refractivity contribution < 1.29 is 13.2 Å². The summed E-state index contributed by atoms with van der Waals surface area (Å²) < 4.78 is 23.0. The Bertz CT molecular complexity index is 889. The normalized spacial score (nSPS) is 13.0. The largest absolute Gasteiger partial charge is 0.335 e. The highest BCUT2D eigenvalue weighted by molar-refractivity contribution is 7.90. The topological polar surface area (TPSA) is 54.5 Å². The van der Waals surface area contributed by atoms with Gasteiger partial charge in [0.05, 0.1) is 10.9 Å². The number of halogens is 1. The summed E-state index contributed by atoms with van der Waals surface area (Å²) in [5.41, 5.74) is 1.63. The minimum atomic E-state index is -3.23. The second kappa shape index (κ2) is 7.85. The molecule has 0 N–H and O–H groups in total. The average Bonchev–Trinajstić information content (AvgIpc) is 2.59. The number of likely N-dealkylation sites (N-methyl/N-ethyl adjacent to an activating group) is 1. The van der Waals surface area contributed by atoms with Gasteiger partial charge in [0.15, 0.2) is 9.84 Å². The molecule has 1 amide bonds. The number of sulfone groups is 1. The smallest absolute Gasteiger partial charge is 0.246 e. The van der Waals surface area contributed by atoms with Gasteiger partial charge >= 0.3 is 0 Å². The Morgan fingerprint density at radius 3 is 2.28 bits per heavy atom. The molecule has 0 saturated heterocycles. The van der Waals surface area contributed by atoms with Crippen molar-refractivity contribution in [1.82, 2.24) is 4.90 Å². The second-order valence-electron chi connectivity index (χ2n) is 5.82. The van der Waals surface area contributed by atoms with Crippen LogP contribution in [-0.4, -0.2) is 32.5 Å². The number of rotatable bonds is 5. The summed E-state index contributed by atoms with van der Waals surface area (Å²) in [4.78, 5) is 14.2. The number of hydrogen-bond acceptors (Lipinski definition) is 3. The third kappa shape index (κ3) is 4.94. The van der Waals surface area contributed by atoms with Gasteiger partial charge in [0, 0.05) is 24.4 Å². The maximum absolute atomic E-state index is 12.4. The molecule has 0 bridgehead atoms. The molecule has 0 aliphatic heterocycles. The molecule has 0 spiro atoms. The van der Waals surface area contributed by atoms with Gasteiger partial charge in [-0.05, 0) is 42.3 Å². The summed E-state index contributed by atoms with van der Waals surface area (Å²) >= 11 is 6.07. The number of amides is 1. The van der Waals surface area contributed by atoms with E-state index in [0.717, 1.165) is 11.1 Å². The summed E-state index contributed by atoms with van der Waals surface area (Å²) in [6.07, 6.45) is 4.32. The zero-order chi connectivity index (χ0) is 18.6. The molecule has 0 aromatic heterocycles. The van der Waals surface area contributed by atoms with Gasteiger partial charge in [-0.2, -0.15) is 0 Å². The third-order valence-corrected chi connectivity index (χ3v) is 5.50. The molecule has 25 heavy (non-hydrogen) atoms. The fourth-order valence-electron chi connectivity index (χ4n) is 2.30. The predicted molar refractivity (Wildman–Crippen MR) is 101 cm³/mol. The van der Waals surface area contributed by atoms with Gasteiger partial charge in [-0.1, -0.05) is 41.9 Å². The predicted octanol–water partition coefficient (Wildman–Crippen LogP) is 3.98. The number of carbonyl (C=O) groups excluding carboxylic acids is 1. The number of nitrogens with zero attached hydrogens (tertiary/aromatic N) is 1. The van der Waals surface area contributed by atoms with Crippen LogP contribution in [0.1, 0.15) is 24.1 Å². The summed E-state index contributed by atoms with van der Waals surface area (Å²) in [5, 5.41) is 0.582. The molecule has 2 aromatic carbocycles. The Balaban J connectivity index is 2.12. The van der Waals surface area contributed by atoms with Crippen molar-refractivity contribution in [3.8, 4) is 0 Å². The third-order valence-electron chi connectivity index (χ3n) is 4.03. The lowest BCUT2D eigenvalue weighted by Gasteiger charge is -2.24. The van der Waals surface area contributed by atoms with Crippen LogP contribution in [0.2, 0.25) is 5.02 Å². The first-order valence-electron chi connectivity index (χ1n) is 7.69. The van der Waals surface area contributed by atoms with E-state index in [-0.39, 0.29) is 16.8 Å². The molecule has 0 unspecified atom stereocenters. The maximum atomic E-state index is 12.4. The van der Waals surface area contributed by atoms with E-state index in [1.807, 2.05) is 25.1 Å². The Hall–Kier alpha value is -2.11. The Morgan fingerprint density at radius 2 is 1.72 bits per heavy atom. The number of benzene rings is 2. The fourth-order valence-corrected chi connectivity index (χ4v) is 3.13. The van der Waals surface area contributed by atoms with Crippen molar-refractivity contribution >= 4 is 33.4 Å². The molecule has 6 heteroatoms. The monoisotopic (exact) mass is 377 g/mol. The van der Waals surface area contributed by atoms with Crippen LogP contribution in [-0.2, 0) is 14.6 Å². The summed E-state index contributed by atoms with van der Waals surface area (Å²) in [6, 6.07) is 13.6. The molecular weight excluding hydrogens is 358 g/mol. The second-order valence-corrected chi connectivity index (χ2v) is 8.24. The van der Waals surface area contributed by atoms with E-state index in [0.29, 0.717) is 5.02 Å². The highest BCUT2D eigenvalue weighted by Crippen LogP contribution is 2.22. The van der Waals surface area contributed by atoms with Crippen molar-refractivity contribution in [2.45, 2.75) is 17.9 Å². The molecule has 0 radical (unpaired) electrons. The molecule has 0 heterocycles. The van der Waals surface area contributed by atoms with Crippen LogP contribution in [0.15, 0.2) is 59.5 Å². The first kappa shape index (κ1) is 19.2. The minimum absolute atomic E-state index is 0.167. The van der Waals surface area contributed by atoms with Crippen LogP contribution in [0.4, 0.5) is 0 Å². The van der Waals surface area contributed by atoms with E-state index in [9.17, 15) is 13.2 Å². The van der Waals surface area contributed by atoms with Crippen LogP contribution >= 0.6 is 11.6 Å². The minimum Gasteiger partial charge on any atom is -0.335 e. The fraction of sp³-hybridized carbons (Fsp3) is 0.211. The summed E-state index contributed by atoms with van der Waals surface area (Å²) in [5.74, 6) is -0.167. The van der Waals surface area contributed by atoms with Gasteiger partial charge in [0.1, 0.15) is 0 Å². The number of hydrogen-bond donors (Lipinski definition) is 0. The first-order valence-corrected chi connectivity index (χ1v) is 9.96. The van der Waals surface area contributed by atoms with Gasteiger partial charge in [-0.3, -0.25) is 4.79 Å². The molecule has 0 aliphatic rings. The zero-order valence-electron chi connectivity index (χ0n) is 14.3. The molecular formula is C19H20ClNO3S. The molecule has 0 aliphatic carbocycles. The average molecular weight is 378 g/mol. The van der Waals surface area contributed by atoms with Crippen LogP contribution in [0, 0.1) is 0 Å². The van der Waals surface area contributed by atoms with Crippen molar-refractivity contribution in [2.75, 3.05) is 13.3 Å². The van der Waals surface area contributed by atoms with Crippen molar-refractivity contribution in [1.29, 1.82) is 0 Å². The molecule has 0 fully saturated rings. The Labute approximate surface area is 153 Å². The van der Waals surface area contributed by atoms with E-state index >= 15 is 0 Å². The lowest BCUT2D eigenvalue weighted by Crippen LogP contribution is -2.28.